The molecule has 0 spiro atoms. The molecule has 3 rings (SSSR count). The smallest absolute Gasteiger partial charge is 0.132 e. The maximum absolute atomic E-state index is 14.2. The summed E-state index contributed by atoms with van der Waals surface area (Å²) in [6.07, 6.45) is 0. The first-order chi connectivity index (χ1) is 12.2. The minimum atomic E-state index is -0.647. The Bertz CT molecular complexity index is 1010. The summed E-state index contributed by atoms with van der Waals surface area (Å²) < 4.78 is 53.5. The fourth-order valence-electron chi connectivity index (χ4n) is 2.06. The largest absolute Gasteiger partial charge is 0.507 e. The highest BCUT2D eigenvalue weighted by Crippen LogP contribution is 2.39. The summed E-state index contributed by atoms with van der Waals surface area (Å²) in [5.74, 6) is -1.03. The first-order valence-corrected chi connectivity index (χ1v) is 6.46. The van der Waals surface area contributed by atoms with Crippen molar-refractivity contribution in [2.45, 2.75) is 0 Å². The second-order valence-corrected chi connectivity index (χ2v) is 4.76. The zero-order valence-corrected chi connectivity index (χ0v) is 11.4. The van der Waals surface area contributed by atoms with Gasteiger partial charge in [0.25, 0.3) is 0 Å². The lowest BCUT2D eigenvalue weighted by Crippen LogP contribution is -1.87. The fraction of sp³-hybridized carbons (Fsp3) is 0. The van der Waals surface area contributed by atoms with E-state index in [0.717, 1.165) is 6.07 Å². The maximum atomic E-state index is 14.2. The molecule has 104 valence electrons. The van der Waals surface area contributed by atoms with E-state index in [9.17, 15) is 9.50 Å². The van der Waals surface area contributed by atoms with Gasteiger partial charge in [-0.1, -0.05) is 60.0 Å². The van der Waals surface area contributed by atoms with Gasteiger partial charge in [-0.2, -0.15) is 0 Å². The molecule has 3 aromatic carbocycles. The Morgan fingerprint density at radius 3 is 2.38 bits per heavy atom. The Morgan fingerprint density at radius 1 is 0.952 bits per heavy atom. The van der Waals surface area contributed by atoms with Gasteiger partial charge in [0, 0.05) is 21.7 Å². The first-order valence-electron chi connectivity index (χ1n) is 8.58. The van der Waals surface area contributed by atoms with Crippen LogP contribution in [0.2, 0.25) is 5.02 Å². The molecule has 0 aliphatic heterocycles. The predicted molar refractivity (Wildman–Crippen MR) is 83.9 cm³/mol. The number of phenols is 1. The van der Waals surface area contributed by atoms with Gasteiger partial charge in [-0.3, -0.25) is 0 Å². The van der Waals surface area contributed by atoms with Crippen LogP contribution in [0.4, 0.5) is 4.39 Å². The molecule has 0 heterocycles. The molecule has 0 aromatic heterocycles. The van der Waals surface area contributed by atoms with E-state index in [0.29, 0.717) is 0 Å². The Morgan fingerprint density at radius 2 is 1.67 bits per heavy atom. The average molecular weight is 304 g/mol. The Labute approximate surface area is 134 Å². The van der Waals surface area contributed by atoms with E-state index in [4.69, 9.17) is 18.5 Å². The topological polar surface area (TPSA) is 20.2 Å². The van der Waals surface area contributed by atoms with Crippen molar-refractivity contribution in [2.24, 2.45) is 0 Å². The van der Waals surface area contributed by atoms with Crippen LogP contribution in [0.3, 0.4) is 0 Å². The van der Waals surface area contributed by atoms with E-state index in [1.807, 2.05) is 0 Å². The Hall–Kier alpha value is -2.32. The third-order valence-corrected chi connectivity index (χ3v) is 3.26. The van der Waals surface area contributed by atoms with E-state index in [1.54, 1.807) is 0 Å². The highest BCUT2D eigenvalue weighted by atomic mass is 35.5. The highest BCUT2D eigenvalue weighted by molar-refractivity contribution is 6.30. The van der Waals surface area contributed by atoms with Crippen molar-refractivity contribution < 1.29 is 16.4 Å². The van der Waals surface area contributed by atoms with Crippen LogP contribution in [0.5, 0.6) is 5.75 Å². The number of phenolic OH excluding ortho intramolecular Hbond substituents is 1. The van der Waals surface area contributed by atoms with Gasteiger partial charge in [-0.15, -0.1) is 0 Å². The molecule has 3 aromatic rings. The van der Waals surface area contributed by atoms with Crippen LogP contribution in [-0.2, 0) is 0 Å². The molecule has 1 N–H and O–H groups in total. The third kappa shape index (κ3) is 2.63. The summed E-state index contributed by atoms with van der Waals surface area (Å²) in [5.41, 5.74) is 0.0863. The second-order valence-electron chi connectivity index (χ2n) is 4.33. The number of aromatic hydroxyl groups is 1. The standard InChI is InChI=1S/C18H12ClFO/c19-13-9-10-15(17(20)11-13)16-8-4-7-14(18(16)21)12-5-2-1-3-6-12/h1-11,21H/i1D,2D,3D,5D,6D. The minimum absolute atomic E-state index is 0.0221. The van der Waals surface area contributed by atoms with Crippen molar-refractivity contribution in [3.8, 4) is 28.0 Å². The molecule has 3 heteroatoms. The maximum Gasteiger partial charge on any atom is 0.132 e. The van der Waals surface area contributed by atoms with Crippen molar-refractivity contribution in [3.05, 3.63) is 77.5 Å². The molecule has 0 aliphatic carbocycles. The van der Waals surface area contributed by atoms with Crippen molar-refractivity contribution >= 4 is 11.6 Å². The van der Waals surface area contributed by atoms with E-state index in [1.165, 1.54) is 30.3 Å². The first kappa shape index (κ1) is 8.85. The molecule has 0 aliphatic rings. The van der Waals surface area contributed by atoms with Gasteiger partial charge in [-0.05, 0) is 23.8 Å². The van der Waals surface area contributed by atoms with E-state index in [2.05, 4.69) is 0 Å². The Balaban J connectivity index is 2.30. The molecule has 1 nitrogen and oxygen atoms in total. The Kier molecular flexibility index (Phi) is 2.35. The van der Waals surface area contributed by atoms with Crippen LogP contribution in [0.1, 0.15) is 6.85 Å². The molecular weight excluding hydrogens is 287 g/mol. The van der Waals surface area contributed by atoms with Crippen molar-refractivity contribution in [3.63, 3.8) is 0 Å². The second kappa shape index (κ2) is 5.58. The van der Waals surface area contributed by atoms with E-state index in [-0.39, 0.29) is 33.0 Å². The van der Waals surface area contributed by atoms with Crippen LogP contribution in [-0.4, -0.2) is 5.11 Å². The summed E-state index contributed by atoms with van der Waals surface area (Å²) in [6, 6.07) is 5.94. The van der Waals surface area contributed by atoms with E-state index >= 15 is 0 Å². The molecule has 0 unspecified atom stereocenters. The van der Waals surface area contributed by atoms with Crippen molar-refractivity contribution in [2.75, 3.05) is 0 Å². The zero-order valence-electron chi connectivity index (χ0n) is 15.7. The van der Waals surface area contributed by atoms with Gasteiger partial charge in [0.2, 0.25) is 0 Å². The lowest BCUT2D eigenvalue weighted by Gasteiger charge is -2.11. The molecule has 21 heavy (non-hydrogen) atoms. The molecule has 0 radical (unpaired) electrons. The molecule has 0 bridgehead atoms. The van der Waals surface area contributed by atoms with Crippen molar-refractivity contribution in [1.82, 2.24) is 0 Å². The van der Waals surface area contributed by atoms with Gasteiger partial charge >= 0.3 is 0 Å². The number of benzene rings is 3. The van der Waals surface area contributed by atoms with Crippen LogP contribution in [0.15, 0.2) is 66.6 Å². The van der Waals surface area contributed by atoms with Crippen LogP contribution >= 0.6 is 11.6 Å². The summed E-state index contributed by atoms with van der Waals surface area (Å²) in [5, 5.41) is 10.9. The number of para-hydroxylation sites is 1. The molecule has 0 amide bonds. The summed E-state index contributed by atoms with van der Waals surface area (Å²) in [6.45, 7) is 0. The molecule has 0 saturated carbocycles. The van der Waals surface area contributed by atoms with Gasteiger partial charge in [0.05, 0.1) is 6.85 Å². The molecule has 0 saturated heterocycles. The number of hydrogen-bond donors (Lipinski definition) is 1. The lowest BCUT2D eigenvalue weighted by atomic mass is 9.97. The monoisotopic (exact) mass is 303 g/mol. The average Bonchev–Trinajstić information content (AvgIpc) is 2.60. The number of rotatable bonds is 2. The van der Waals surface area contributed by atoms with Gasteiger partial charge in [0.15, 0.2) is 0 Å². The van der Waals surface area contributed by atoms with E-state index < -0.39 is 36.0 Å². The van der Waals surface area contributed by atoms with Crippen LogP contribution in [0, 0.1) is 5.82 Å². The molecule has 0 atom stereocenters. The lowest BCUT2D eigenvalue weighted by molar-refractivity contribution is 0.478. The normalized spacial score (nSPS) is 13.9. The van der Waals surface area contributed by atoms with Crippen molar-refractivity contribution in [1.29, 1.82) is 0 Å². The summed E-state index contributed by atoms with van der Waals surface area (Å²) in [7, 11) is 0. The quantitative estimate of drug-likeness (QED) is 0.661. The van der Waals surface area contributed by atoms with Crippen LogP contribution in [0.25, 0.3) is 22.3 Å². The van der Waals surface area contributed by atoms with Crippen LogP contribution < -0.4 is 0 Å². The number of hydrogen-bond acceptors (Lipinski definition) is 1. The molecule has 0 fully saturated rings. The summed E-state index contributed by atoms with van der Waals surface area (Å²) in [4.78, 5) is 0. The highest BCUT2D eigenvalue weighted by Gasteiger charge is 2.13. The van der Waals surface area contributed by atoms with Gasteiger partial charge in [0.1, 0.15) is 11.6 Å². The summed E-state index contributed by atoms with van der Waals surface area (Å²) >= 11 is 5.75. The van der Waals surface area contributed by atoms with Gasteiger partial charge in [-0.25, -0.2) is 4.39 Å². The minimum Gasteiger partial charge on any atom is -0.507 e. The number of halogens is 2. The molecular formula is C18H12ClFO. The predicted octanol–water partition coefficient (Wildman–Crippen LogP) is 5.52. The van der Waals surface area contributed by atoms with Gasteiger partial charge < -0.3 is 5.11 Å². The third-order valence-electron chi connectivity index (χ3n) is 3.03. The SMILES string of the molecule is [2H]c1c([2H])c([2H])c(-c2cccc(-c3ccc(Cl)cc3F)c2O)c([2H])c1[2H]. The zero-order chi connectivity index (χ0) is 19.2. The fourth-order valence-corrected chi connectivity index (χ4v) is 2.21.